The molecule has 0 saturated carbocycles. The average Bonchev–Trinajstić information content (AvgIpc) is 2.33. The number of nitrogens with one attached hydrogen (secondary N) is 1. The van der Waals surface area contributed by atoms with Crippen LogP contribution in [-0.4, -0.2) is 33.0 Å². The number of rotatable bonds is 13. The maximum absolute atomic E-state index is 5.45. The van der Waals surface area contributed by atoms with E-state index >= 15 is 0 Å². The predicted octanol–water partition coefficient (Wildman–Crippen LogP) is 3.36. The minimum Gasteiger partial charge on any atom is -0.387 e. The second kappa shape index (κ2) is 12.9. The lowest BCUT2D eigenvalue weighted by Gasteiger charge is -2.11. The highest BCUT2D eigenvalue weighted by Crippen LogP contribution is 2.05. The van der Waals surface area contributed by atoms with E-state index in [4.69, 9.17) is 9.47 Å². The summed E-state index contributed by atoms with van der Waals surface area (Å²) in [6.07, 6.45) is 4.85. The molecule has 1 N–H and O–H groups in total. The third-order valence-corrected chi connectivity index (χ3v) is 2.58. The summed E-state index contributed by atoms with van der Waals surface area (Å²) in [4.78, 5) is 0. The van der Waals surface area contributed by atoms with Crippen LogP contribution in [0.15, 0.2) is 12.3 Å². The number of hydrogen-bond donors (Lipinski definition) is 1. The molecule has 0 aliphatic heterocycles. The third kappa shape index (κ3) is 13.5. The fraction of sp³-hybridized carbons (Fsp3) is 0.867. The summed E-state index contributed by atoms with van der Waals surface area (Å²) < 4.78 is 10.8. The minimum atomic E-state index is 0.583. The largest absolute Gasteiger partial charge is 0.387 e. The van der Waals surface area contributed by atoms with Crippen LogP contribution in [0.25, 0.3) is 0 Å². The van der Waals surface area contributed by atoms with Crippen molar-refractivity contribution in [1.82, 2.24) is 5.32 Å². The Hall–Kier alpha value is -0.540. The SMILES string of the molecule is C=C(COCCOCCC)NCCCCC(C)C. The van der Waals surface area contributed by atoms with Gasteiger partial charge >= 0.3 is 0 Å². The van der Waals surface area contributed by atoms with E-state index in [1.54, 1.807) is 0 Å². The molecule has 0 atom stereocenters. The Bertz CT molecular complexity index is 193. The molecule has 0 saturated heterocycles. The lowest BCUT2D eigenvalue weighted by Crippen LogP contribution is -2.19. The summed E-state index contributed by atoms with van der Waals surface area (Å²) in [5.41, 5.74) is 0.968. The number of hydrogen-bond acceptors (Lipinski definition) is 3. The summed E-state index contributed by atoms with van der Waals surface area (Å²) in [6, 6.07) is 0. The van der Waals surface area contributed by atoms with E-state index in [-0.39, 0.29) is 0 Å². The molecule has 3 nitrogen and oxygen atoms in total. The molecule has 0 radical (unpaired) electrons. The van der Waals surface area contributed by atoms with Gasteiger partial charge in [-0.3, -0.25) is 0 Å². The first-order valence-corrected chi connectivity index (χ1v) is 7.24. The van der Waals surface area contributed by atoms with Crippen molar-refractivity contribution in [2.45, 2.75) is 46.5 Å². The summed E-state index contributed by atoms with van der Waals surface area (Å²) in [6.45, 7) is 14.3. The molecular weight excluding hydrogens is 226 g/mol. The summed E-state index contributed by atoms with van der Waals surface area (Å²) in [5, 5.41) is 3.30. The molecule has 0 heterocycles. The number of unbranched alkanes of at least 4 members (excludes halogenated alkanes) is 1. The van der Waals surface area contributed by atoms with Crippen LogP contribution in [0.5, 0.6) is 0 Å². The first kappa shape index (κ1) is 17.5. The summed E-state index contributed by atoms with van der Waals surface area (Å²) >= 11 is 0. The zero-order valence-electron chi connectivity index (χ0n) is 12.5. The molecule has 3 heteroatoms. The lowest BCUT2D eigenvalue weighted by atomic mass is 10.1. The smallest absolute Gasteiger partial charge is 0.0857 e. The van der Waals surface area contributed by atoms with Crippen molar-refractivity contribution in [1.29, 1.82) is 0 Å². The van der Waals surface area contributed by atoms with Crippen LogP contribution >= 0.6 is 0 Å². The Morgan fingerprint density at radius 2 is 1.83 bits per heavy atom. The topological polar surface area (TPSA) is 30.5 Å². The van der Waals surface area contributed by atoms with Crippen molar-refractivity contribution in [3.63, 3.8) is 0 Å². The average molecular weight is 257 g/mol. The molecule has 0 aliphatic carbocycles. The van der Waals surface area contributed by atoms with Gasteiger partial charge in [-0.05, 0) is 18.8 Å². The molecule has 108 valence electrons. The van der Waals surface area contributed by atoms with Crippen molar-refractivity contribution in [3.05, 3.63) is 12.3 Å². The Labute approximate surface area is 113 Å². The lowest BCUT2D eigenvalue weighted by molar-refractivity contribution is 0.0553. The van der Waals surface area contributed by atoms with Gasteiger partial charge in [0.2, 0.25) is 0 Å². The maximum atomic E-state index is 5.45. The van der Waals surface area contributed by atoms with Gasteiger partial charge in [0.15, 0.2) is 0 Å². The van der Waals surface area contributed by atoms with Crippen molar-refractivity contribution in [2.75, 3.05) is 33.0 Å². The van der Waals surface area contributed by atoms with Gasteiger partial charge in [-0.15, -0.1) is 0 Å². The zero-order valence-corrected chi connectivity index (χ0v) is 12.5. The molecule has 18 heavy (non-hydrogen) atoms. The summed E-state index contributed by atoms with van der Waals surface area (Å²) in [7, 11) is 0. The van der Waals surface area contributed by atoms with Gasteiger partial charge < -0.3 is 14.8 Å². The minimum absolute atomic E-state index is 0.583. The highest BCUT2D eigenvalue weighted by atomic mass is 16.5. The second-order valence-electron chi connectivity index (χ2n) is 5.08. The fourth-order valence-electron chi connectivity index (χ4n) is 1.55. The van der Waals surface area contributed by atoms with E-state index in [2.05, 4.69) is 32.7 Å². The van der Waals surface area contributed by atoms with Crippen LogP contribution in [0.2, 0.25) is 0 Å². The fourth-order valence-corrected chi connectivity index (χ4v) is 1.55. The van der Waals surface area contributed by atoms with Crippen molar-refractivity contribution in [3.8, 4) is 0 Å². The standard InChI is InChI=1S/C15H31NO2/c1-5-10-17-11-12-18-13-15(4)16-9-7-6-8-14(2)3/h14,16H,4-13H2,1-3H3. The highest BCUT2D eigenvalue weighted by Gasteiger charge is 1.96. The van der Waals surface area contributed by atoms with Gasteiger partial charge in [-0.2, -0.15) is 0 Å². The van der Waals surface area contributed by atoms with Gasteiger partial charge in [0.25, 0.3) is 0 Å². The molecule has 0 aromatic rings. The molecule has 0 fully saturated rings. The van der Waals surface area contributed by atoms with E-state index in [0.29, 0.717) is 19.8 Å². The molecule has 0 aromatic heterocycles. The monoisotopic (exact) mass is 257 g/mol. The van der Waals surface area contributed by atoms with E-state index in [1.807, 2.05) is 0 Å². The molecule has 0 aliphatic rings. The van der Waals surface area contributed by atoms with Gasteiger partial charge in [-0.1, -0.05) is 40.2 Å². The van der Waals surface area contributed by atoms with E-state index < -0.39 is 0 Å². The summed E-state index contributed by atoms with van der Waals surface area (Å²) in [5.74, 6) is 0.805. The van der Waals surface area contributed by atoms with Crippen LogP contribution in [0, 0.1) is 5.92 Å². The van der Waals surface area contributed by atoms with E-state index in [1.165, 1.54) is 19.3 Å². The van der Waals surface area contributed by atoms with Crippen molar-refractivity contribution < 1.29 is 9.47 Å². The molecule has 0 rings (SSSR count). The Balaban J connectivity index is 3.17. The Morgan fingerprint density at radius 3 is 2.50 bits per heavy atom. The Morgan fingerprint density at radius 1 is 1.11 bits per heavy atom. The highest BCUT2D eigenvalue weighted by molar-refractivity contribution is 4.90. The molecule has 0 amide bonds. The Kier molecular flexibility index (Phi) is 12.5. The van der Waals surface area contributed by atoms with Crippen molar-refractivity contribution in [2.24, 2.45) is 5.92 Å². The second-order valence-corrected chi connectivity index (χ2v) is 5.08. The normalized spacial score (nSPS) is 10.9. The van der Waals surface area contributed by atoms with Crippen LogP contribution in [0.4, 0.5) is 0 Å². The van der Waals surface area contributed by atoms with Gasteiger partial charge in [0.1, 0.15) is 0 Å². The van der Waals surface area contributed by atoms with Crippen LogP contribution in [0.1, 0.15) is 46.5 Å². The van der Waals surface area contributed by atoms with E-state index in [0.717, 1.165) is 31.2 Å². The molecule has 0 unspecified atom stereocenters. The molecular formula is C15H31NO2. The van der Waals surface area contributed by atoms with Crippen molar-refractivity contribution >= 4 is 0 Å². The number of ether oxygens (including phenoxy) is 2. The van der Waals surface area contributed by atoms with Crippen LogP contribution < -0.4 is 5.32 Å². The third-order valence-electron chi connectivity index (χ3n) is 2.58. The first-order valence-electron chi connectivity index (χ1n) is 7.24. The quantitative estimate of drug-likeness (QED) is 0.513. The van der Waals surface area contributed by atoms with Gasteiger partial charge in [0.05, 0.1) is 19.8 Å². The molecule has 0 spiro atoms. The van der Waals surface area contributed by atoms with Gasteiger partial charge in [0, 0.05) is 18.8 Å². The van der Waals surface area contributed by atoms with Crippen LogP contribution in [-0.2, 0) is 9.47 Å². The van der Waals surface area contributed by atoms with Gasteiger partial charge in [-0.25, -0.2) is 0 Å². The molecule has 0 bridgehead atoms. The first-order chi connectivity index (χ1) is 8.66. The van der Waals surface area contributed by atoms with E-state index in [9.17, 15) is 0 Å². The molecule has 0 aromatic carbocycles. The van der Waals surface area contributed by atoms with Crippen LogP contribution in [0.3, 0.4) is 0 Å². The predicted molar refractivity (Wildman–Crippen MR) is 77.8 cm³/mol. The maximum Gasteiger partial charge on any atom is 0.0857 e. The zero-order chi connectivity index (χ0) is 13.6.